The topological polar surface area (TPSA) is 62.7 Å². The zero-order chi connectivity index (χ0) is 31.4. The van der Waals surface area contributed by atoms with Crippen molar-refractivity contribution in [2.24, 2.45) is 0 Å². The molecule has 1 heterocycles. The number of fused-ring (bicyclic) bond motifs is 1. The van der Waals surface area contributed by atoms with Gasteiger partial charge in [0.15, 0.2) is 0 Å². The number of pyridine rings is 1. The van der Waals surface area contributed by atoms with Gasteiger partial charge in [0.1, 0.15) is 5.76 Å². The predicted octanol–water partition coefficient (Wildman–Crippen LogP) is 9.08. The van der Waals surface area contributed by atoms with E-state index in [1.807, 2.05) is 78.0 Å². The Hall–Kier alpha value is -4.08. The number of alkyl halides is 3. The smallest absolute Gasteiger partial charge is 0.448 e. The number of halogens is 3. The van der Waals surface area contributed by atoms with Crippen LogP contribution in [0.25, 0.3) is 21.9 Å². The number of aryl methyl sites for hydroxylation is 1. The minimum absolute atomic E-state index is 0.0942. The molecule has 0 saturated carbocycles. The highest BCUT2D eigenvalue weighted by Crippen LogP contribution is 2.36. The highest BCUT2D eigenvalue weighted by atomic mass is 32.2. The molecule has 0 aliphatic heterocycles. The summed E-state index contributed by atoms with van der Waals surface area (Å²) < 4.78 is 46.7. The molecule has 4 rings (SSSR count). The highest BCUT2D eigenvalue weighted by molar-refractivity contribution is 7.97. The van der Waals surface area contributed by atoms with Crippen LogP contribution in [0.5, 0.6) is 0 Å². The van der Waals surface area contributed by atoms with Gasteiger partial charge in [-0.05, 0) is 84.8 Å². The molecule has 0 spiro atoms. The summed E-state index contributed by atoms with van der Waals surface area (Å²) >= 11 is 1.46. The second-order valence-corrected chi connectivity index (χ2v) is 11.8. The number of benzene rings is 3. The molecule has 0 bridgehead atoms. The predicted molar refractivity (Wildman–Crippen MR) is 165 cm³/mol. The molecule has 1 N–H and O–H groups in total. The molecule has 3 aromatic carbocycles. The van der Waals surface area contributed by atoms with Gasteiger partial charge in [-0.3, -0.25) is 9.78 Å². The van der Waals surface area contributed by atoms with Crippen molar-refractivity contribution in [1.82, 2.24) is 9.29 Å². The number of hydrogen-bond donors (Lipinski definition) is 1. The van der Waals surface area contributed by atoms with Crippen LogP contribution < -0.4 is 0 Å². The van der Waals surface area contributed by atoms with Crippen LogP contribution in [0.15, 0.2) is 108 Å². The lowest BCUT2D eigenvalue weighted by Crippen LogP contribution is -2.28. The summed E-state index contributed by atoms with van der Waals surface area (Å²) in [6, 6.07) is 21.6. The van der Waals surface area contributed by atoms with E-state index >= 15 is 0 Å². The van der Waals surface area contributed by atoms with Crippen molar-refractivity contribution < 1.29 is 27.8 Å². The number of nitrogens with zero attached hydrogens (tertiary/aromatic N) is 2. The third-order valence-corrected chi connectivity index (χ3v) is 8.40. The second kappa shape index (κ2) is 13.1. The molecule has 9 heteroatoms. The fraction of sp³-hybridized carbons (Fsp3) is 0.235. The molecule has 0 atom stereocenters. The van der Waals surface area contributed by atoms with Gasteiger partial charge in [-0.25, -0.2) is 4.31 Å². The van der Waals surface area contributed by atoms with Gasteiger partial charge >= 0.3 is 12.1 Å². The molecule has 0 saturated heterocycles. The fourth-order valence-corrected chi connectivity index (χ4v) is 5.52. The molecular weight excluding hydrogens is 573 g/mol. The maximum absolute atomic E-state index is 13.2. The fourth-order valence-electron chi connectivity index (χ4n) is 4.36. The van der Waals surface area contributed by atoms with Crippen molar-refractivity contribution in [2.75, 3.05) is 6.54 Å². The average molecular weight is 607 g/mol. The highest BCUT2D eigenvalue weighted by Gasteiger charge is 2.35. The van der Waals surface area contributed by atoms with Gasteiger partial charge in [-0.15, -0.1) is 0 Å². The van der Waals surface area contributed by atoms with E-state index < -0.39 is 23.3 Å². The first-order chi connectivity index (χ1) is 20.3. The van der Waals surface area contributed by atoms with E-state index in [-0.39, 0.29) is 12.3 Å². The molecule has 0 fully saturated rings. The number of aliphatic carboxylic acids is 1. The molecule has 0 aliphatic rings. The standard InChI is InChI=1S/C34H33F3N2O3S/c1-6-29(42-23(3)34(35,36)37)21-39(43-31-22(2)11-14-26-9-7-8-10-30(26)31)20-24-12-15-25(16-13-24)27-17-28(19-38-18-27)33(4,5)32(40)41/h6-19H,3,20-21H2,1-2,4-5H3,(H,40,41)/b29-6-. The third-order valence-electron chi connectivity index (χ3n) is 7.16. The minimum atomic E-state index is -4.67. The number of rotatable bonds is 11. The van der Waals surface area contributed by atoms with E-state index in [0.29, 0.717) is 12.1 Å². The Morgan fingerprint density at radius 2 is 1.74 bits per heavy atom. The molecule has 43 heavy (non-hydrogen) atoms. The van der Waals surface area contributed by atoms with Crippen molar-refractivity contribution in [2.45, 2.75) is 50.7 Å². The number of aromatic nitrogens is 1. The maximum atomic E-state index is 13.2. The summed E-state index contributed by atoms with van der Waals surface area (Å²) in [5.41, 5.74) is 3.12. The van der Waals surface area contributed by atoms with Crippen LogP contribution in [-0.4, -0.2) is 33.1 Å². The lowest BCUT2D eigenvalue weighted by molar-refractivity contribution is -0.142. The Kier molecular flexibility index (Phi) is 9.67. The average Bonchev–Trinajstić information content (AvgIpc) is 2.98. The van der Waals surface area contributed by atoms with Gasteiger partial charge in [0.05, 0.1) is 12.0 Å². The van der Waals surface area contributed by atoms with Gasteiger partial charge in [-0.2, -0.15) is 13.2 Å². The van der Waals surface area contributed by atoms with Crippen molar-refractivity contribution in [3.8, 4) is 11.1 Å². The first-order valence-electron chi connectivity index (χ1n) is 13.6. The lowest BCUT2D eigenvalue weighted by Gasteiger charge is -2.25. The second-order valence-electron chi connectivity index (χ2n) is 10.7. The SMILES string of the molecule is C=C(O/C(=C\C)CN(Cc1ccc(-c2cncc(C(C)(C)C(=O)O)c2)cc1)Sc1c(C)ccc2ccccc12)C(F)(F)F. The Balaban J connectivity index is 1.63. The number of carboxylic acids is 1. The first-order valence-corrected chi connectivity index (χ1v) is 14.4. The zero-order valence-corrected chi connectivity index (χ0v) is 25.2. The molecule has 0 amide bonds. The van der Waals surface area contributed by atoms with Crippen LogP contribution in [0.2, 0.25) is 0 Å². The summed E-state index contributed by atoms with van der Waals surface area (Å²) in [7, 11) is 0. The van der Waals surface area contributed by atoms with E-state index in [0.717, 1.165) is 37.9 Å². The molecule has 1 aromatic heterocycles. The number of ether oxygens (including phenoxy) is 1. The number of allylic oxidation sites excluding steroid dienone is 2. The number of hydrogen-bond acceptors (Lipinski definition) is 5. The number of carbonyl (C=O) groups is 1. The third kappa shape index (κ3) is 7.66. The Labute approximate surface area is 253 Å². The molecule has 4 aromatic rings. The normalized spacial score (nSPS) is 12.5. The number of carboxylic acid groups (broad SMARTS) is 1. The first kappa shape index (κ1) is 31.8. The van der Waals surface area contributed by atoms with E-state index in [1.165, 1.54) is 18.0 Å². The largest absolute Gasteiger partial charge is 0.481 e. The van der Waals surface area contributed by atoms with Gasteiger partial charge in [0.2, 0.25) is 5.76 Å². The lowest BCUT2D eigenvalue weighted by atomic mass is 9.85. The van der Waals surface area contributed by atoms with Crippen LogP contribution in [0.3, 0.4) is 0 Å². The Morgan fingerprint density at radius 1 is 1.05 bits per heavy atom. The van der Waals surface area contributed by atoms with Gasteiger partial charge in [0, 0.05) is 29.4 Å². The molecule has 0 unspecified atom stereocenters. The van der Waals surface area contributed by atoms with E-state index in [9.17, 15) is 23.1 Å². The maximum Gasteiger partial charge on any atom is 0.448 e. The van der Waals surface area contributed by atoms with Crippen molar-refractivity contribution in [3.63, 3.8) is 0 Å². The molecule has 5 nitrogen and oxygen atoms in total. The van der Waals surface area contributed by atoms with Crippen LogP contribution >= 0.6 is 11.9 Å². The Bertz CT molecular complexity index is 1660. The molecule has 224 valence electrons. The summed E-state index contributed by atoms with van der Waals surface area (Å²) in [4.78, 5) is 17.0. The summed E-state index contributed by atoms with van der Waals surface area (Å²) in [5, 5.41) is 11.7. The van der Waals surface area contributed by atoms with Crippen LogP contribution in [0.1, 0.15) is 37.5 Å². The van der Waals surface area contributed by atoms with E-state index in [1.54, 1.807) is 33.2 Å². The monoisotopic (exact) mass is 606 g/mol. The van der Waals surface area contributed by atoms with Crippen molar-refractivity contribution in [1.29, 1.82) is 0 Å². The van der Waals surface area contributed by atoms with Crippen LogP contribution in [0, 0.1) is 6.92 Å². The van der Waals surface area contributed by atoms with E-state index in [2.05, 4.69) is 11.6 Å². The quantitative estimate of drug-likeness (QED) is 0.136. The minimum Gasteiger partial charge on any atom is -0.481 e. The molecule has 0 radical (unpaired) electrons. The van der Waals surface area contributed by atoms with Gasteiger partial charge in [0.25, 0.3) is 0 Å². The summed E-state index contributed by atoms with van der Waals surface area (Å²) in [5.74, 6) is -2.07. The van der Waals surface area contributed by atoms with E-state index in [4.69, 9.17) is 4.74 Å². The van der Waals surface area contributed by atoms with Gasteiger partial charge < -0.3 is 9.84 Å². The van der Waals surface area contributed by atoms with Crippen LogP contribution in [-0.2, 0) is 21.5 Å². The zero-order valence-electron chi connectivity index (χ0n) is 24.4. The molecular formula is C34H33F3N2O3S. The van der Waals surface area contributed by atoms with Crippen molar-refractivity contribution >= 4 is 28.7 Å². The summed E-state index contributed by atoms with van der Waals surface area (Å²) in [6.07, 6.45) is 0.0953. The Morgan fingerprint density at radius 3 is 2.40 bits per heavy atom. The van der Waals surface area contributed by atoms with Crippen LogP contribution in [0.4, 0.5) is 13.2 Å². The van der Waals surface area contributed by atoms with Gasteiger partial charge in [-0.1, -0.05) is 67.2 Å². The molecule has 0 aliphatic carbocycles. The summed E-state index contributed by atoms with van der Waals surface area (Å²) in [6.45, 7) is 10.5. The van der Waals surface area contributed by atoms with Crippen molar-refractivity contribution in [3.05, 3.63) is 120 Å².